The number of halogens is 1. The SMILES string of the molecule is COC=C(C(=O)OC)c1ccccc1CCl. The summed E-state index contributed by atoms with van der Waals surface area (Å²) in [6.07, 6.45) is 1.36. The van der Waals surface area contributed by atoms with Crippen molar-refractivity contribution in [2.45, 2.75) is 5.88 Å². The Hall–Kier alpha value is -1.48. The second kappa shape index (κ2) is 6.18. The van der Waals surface area contributed by atoms with Crippen molar-refractivity contribution in [3.05, 3.63) is 41.7 Å². The Morgan fingerprint density at radius 1 is 1.38 bits per heavy atom. The van der Waals surface area contributed by atoms with Gasteiger partial charge in [-0.05, 0) is 11.1 Å². The fourth-order valence-electron chi connectivity index (χ4n) is 1.35. The Morgan fingerprint density at radius 2 is 2.06 bits per heavy atom. The smallest absolute Gasteiger partial charge is 0.341 e. The van der Waals surface area contributed by atoms with Crippen LogP contribution in [0.25, 0.3) is 5.57 Å². The lowest BCUT2D eigenvalue weighted by Crippen LogP contribution is -2.06. The van der Waals surface area contributed by atoms with Crippen LogP contribution in [0.3, 0.4) is 0 Å². The van der Waals surface area contributed by atoms with E-state index in [1.165, 1.54) is 20.5 Å². The quantitative estimate of drug-likeness (QED) is 0.351. The minimum Gasteiger partial charge on any atom is -0.503 e. The number of carbonyl (C=O) groups excluding carboxylic acids is 1. The predicted octanol–water partition coefficient (Wildman–Crippen LogP) is 2.59. The molecule has 0 amide bonds. The lowest BCUT2D eigenvalue weighted by Gasteiger charge is -2.09. The summed E-state index contributed by atoms with van der Waals surface area (Å²) in [6, 6.07) is 7.36. The molecule has 0 aliphatic heterocycles. The molecular formula is C12H13ClO3. The summed E-state index contributed by atoms with van der Waals surface area (Å²) in [5, 5.41) is 0. The molecule has 0 aliphatic rings. The van der Waals surface area contributed by atoms with Crippen LogP contribution < -0.4 is 0 Å². The first kappa shape index (κ1) is 12.6. The minimum atomic E-state index is -0.445. The molecule has 1 aromatic carbocycles. The second-order valence-corrected chi connectivity index (χ2v) is 3.32. The highest BCUT2D eigenvalue weighted by atomic mass is 35.5. The van der Waals surface area contributed by atoms with Crippen LogP contribution >= 0.6 is 11.6 Å². The average Bonchev–Trinajstić information content (AvgIpc) is 2.35. The van der Waals surface area contributed by atoms with E-state index in [4.69, 9.17) is 16.3 Å². The Morgan fingerprint density at radius 3 is 2.62 bits per heavy atom. The van der Waals surface area contributed by atoms with Gasteiger partial charge in [-0.2, -0.15) is 0 Å². The molecule has 0 atom stereocenters. The zero-order valence-corrected chi connectivity index (χ0v) is 9.95. The molecule has 0 unspecified atom stereocenters. The number of methoxy groups -OCH3 is 2. The first-order valence-corrected chi connectivity index (χ1v) is 5.23. The summed E-state index contributed by atoms with van der Waals surface area (Å²) < 4.78 is 9.56. The van der Waals surface area contributed by atoms with Crippen molar-refractivity contribution < 1.29 is 14.3 Å². The highest BCUT2D eigenvalue weighted by Gasteiger charge is 2.15. The lowest BCUT2D eigenvalue weighted by atomic mass is 10.0. The molecule has 0 heterocycles. The van der Waals surface area contributed by atoms with Gasteiger partial charge in [0.1, 0.15) is 5.57 Å². The molecule has 1 rings (SSSR count). The largest absolute Gasteiger partial charge is 0.503 e. The van der Waals surface area contributed by atoms with Crippen LogP contribution in [0.2, 0.25) is 0 Å². The van der Waals surface area contributed by atoms with Gasteiger partial charge in [-0.1, -0.05) is 24.3 Å². The maximum Gasteiger partial charge on any atom is 0.341 e. The van der Waals surface area contributed by atoms with Gasteiger partial charge >= 0.3 is 5.97 Å². The summed E-state index contributed by atoms with van der Waals surface area (Å²) in [6.45, 7) is 0. The zero-order valence-electron chi connectivity index (χ0n) is 9.20. The molecule has 0 saturated carbocycles. The van der Waals surface area contributed by atoms with Crippen LogP contribution in [0, 0.1) is 0 Å². The first-order valence-electron chi connectivity index (χ1n) is 4.70. The highest BCUT2D eigenvalue weighted by molar-refractivity contribution is 6.19. The van der Waals surface area contributed by atoms with E-state index in [1.807, 2.05) is 18.2 Å². The molecule has 86 valence electrons. The number of hydrogen-bond acceptors (Lipinski definition) is 3. The Kier molecular flexibility index (Phi) is 4.86. The first-order chi connectivity index (χ1) is 7.74. The monoisotopic (exact) mass is 240 g/mol. The number of ether oxygens (including phenoxy) is 2. The molecule has 0 radical (unpaired) electrons. The Bertz CT molecular complexity index is 399. The number of hydrogen-bond donors (Lipinski definition) is 0. The van der Waals surface area contributed by atoms with Crippen molar-refractivity contribution in [1.82, 2.24) is 0 Å². The Labute approximate surface area is 99.6 Å². The van der Waals surface area contributed by atoms with Crippen LogP contribution in [0.4, 0.5) is 0 Å². The van der Waals surface area contributed by atoms with Gasteiger partial charge in [0.05, 0.1) is 20.5 Å². The standard InChI is InChI=1S/C12H13ClO3/c1-15-8-11(12(14)16-2)10-6-4-3-5-9(10)7-13/h3-6,8H,7H2,1-2H3. The summed E-state index contributed by atoms with van der Waals surface area (Å²) in [7, 11) is 2.81. The molecule has 0 spiro atoms. The van der Waals surface area contributed by atoms with Crippen LogP contribution in [-0.2, 0) is 20.1 Å². The van der Waals surface area contributed by atoms with Gasteiger partial charge in [-0.3, -0.25) is 0 Å². The molecule has 0 fully saturated rings. The molecule has 0 aliphatic carbocycles. The van der Waals surface area contributed by atoms with Gasteiger partial charge in [-0.15, -0.1) is 11.6 Å². The van der Waals surface area contributed by atoms with Gasteiger partial charge in [0.25, 0.3) is 0 Å². The predicted molar refractivity (Wildman–Crippen MR) is 63.0 cm³/mol. The molecule has 0 saturated heterocycles. The summed E-state index contributed by atoms with van der Waals surface area (Å²) in [5.41, 5.74) is 1.95. The van der Waals surface area contributed by atoms with Gasteiger partial charge in [-0.25, -0.2) is 4.79 Å². The van der Waals surface area contributed by atoms with Crippen molar-refractivity contribution in [3.63, 3.8) is 0 Å². The van der Waals surface area contributed by atoms with E-state index in [1.54, 1.807) is 6.07 Å². The maximum absolute atomic E-state index is 11.6. The number of esters is 1. The van der Waals surface area contributed by atoms with E-state index >= 15 is 0 Å². The fourth-order valence-corrected chi connectivity index (χ4v) is 1.58. The molecule has 4 heteroatoms. The average molecular weight is 241 g/mol. The molecule has 0 N–H and O–H groups in total. The molecule has 3 nitrogen and oxygen atoms in total. The topological polar surface area (TPSA) is 35.5 Å². The normalized spacial score (nSPS) is 11.1. The molecule has 1 aromatic rings. The minimum absolute atomic E-state index is 0.328. The third-order valence-corrected chi connectivity index (χ3v) is 2.38. The van der Waals surface area contributed by atoms with Gasteiger partial charge in [0, 0.05) is 5.88 Å². The van der Waals surface area contributed by atoms with E-state index < -0.39 is 5.97 Å². The number of benzene rings is 1. The molecule has 0 aromatic heterocycles. The van der Waals surface area contributed by atoms with E-state index in [0.29, 0.717) is 11.5 Å². The lowest BCUT2D eigenvalue weighted by molar-refractivity contribution is -0.133. The molecular weight excluding hydrogens is 228 g/mol. The van der Waals surface area contributed by atoms with Crippen LogP contribution in [0.1, 0.15) is 11.1 Å². The van der Waals surface area contributed by atoms with E-state index in [9.17, 15) is 4.79 Å². The van der Waals surface area contributed by atoms with E-state index in [2.05, 4.69) is 4.74 Å². The van der Waals surface area contributed by atoms with Crippen molar-refractivity contribution in [1.29, 1.82) is 0 Å². The van der Waals surface area contributed by atoms with E-state index in [0.717, 1.165) is 11.1 Å². The van der Waals surface area contributed by atoms with Gasteiger partial charge in [0.2, 0.25) is 0 Å². The number of carbonyl (C=O) groups is 1. The third-order valence-electron chi connectivity index (χ3n) is 2.09. The van der Waals surface area contributed by atoms with Crippen molar-refractivity contribution >= 4 is 23.1 Å². The third kappa shape index (κ3) is 2.76. The van der Waals surface area contributed by atoms with Gasteiger partial charge < -0.3 is 9.47 Å². The van der Waals surface area contributed by atoms with Crippen molar-refractivity contribution in [3.8, 4) is 0 Å². The van der Waals surface area contributed by atoms with Crippen molar-refractivity contribution in [2.75, 3.05) is 14.2 Å². The van der Waals surface area contributed by atoms with Crippen LogP contribution in [-0.4, -0.2) is 20.2 Å². The zero-order chi connectivity index (χ0) is 12.0. The van der Waals surface area contributed by atoms with Crippen LogP contribution in [0.15, 0.2) is 30.5 Å². The second-order valence-electron chi connectivity index (χ2n) is 3.05. The van der Waals surface area contributed by atoms with E-state index in [-0.39, 0.29) is 0 Å². The molecule has 0 bridgehead atoms. The maximum atomic E-state index is 11.6. The summed E-state index contributed by atoms with van der Waals surface area (Å²) in [5.74, 6) is -0.117. The number of rotatable bonds is 4. The van der Waals surface area contributed by atoms with Crippen molar-refractivity contribution in [2.24, 2.45) is 0 Å². The van der Waals surface area contributed by atoms with Crippen LogP contribution in [0.5, 0.6) is 0 Å². The molecule has 16 heavy (non-hydrogen) atoms. The van der Waals surface area contributed by atoms with Gasteiger partial charge in [0.15, 0.2) is 0 Å². The summed E-state index contributed by atoms with van der Waals surface area (Å²) >= 11 is 5.80. The fraction of sp³-hybridized carbons (Fsp3) is 0.250. The Balaban J connectivity index is 3.21. The highest BCUT2D eigenvalue weighted by Crippen LogP contribution is 2.22. The summed E-state index contributed by atoms with van der Waals surface area (Å²) in [4.78, 5) is 11.6. The number of alkyl halides is 1.